The van der Waals surface area contributed by atoms with Gasteiger partial charge in [-0.05, 0) is 6.08 Å². The summed E-state index contributed by atoms with van der Waals surface area (Å²) >= 11 is 0. The van der Waals surface area contributed by atoms with Crippen LogP contribution in [-0.4, -0.2) is 19.1 Å². The summed E-state index contributed by atoms with van der Waals surface area (Å²) in [6.07, 6.45) is 3.20. The first kappa shape index (κ1) is 7.28. The van der Waals surface area contributed by atoms with Crippen LogP contribution in [0.15, 0.2) is 12.2 Å². The SMILES string of the molecule is CC1(C=CC(N)=O)COC1. The molecule has 0 aromatic heterocycles. The molecule has 0 unspecified atom stereocenters. The Kier molecular flexibility index (Phi) is 1.76. The smallest absolute Gasteiger partial charge is 0.241 e. The second-order valence-electron chi connectivity index (χ2n) is 2.88. The quantitative estimate of drug-likeness (QED) is 0.553. The van der Waals surface area contributed by atoms with E-state index in [0.29, 0.717) is 13.2 Å². The summed E-state index contributed by atoms with van der Waals surface area (Å²) < 4.78 is 4.97. The number of carbonyl (C=O) groups excluding carboxylic acids is 1. The van der Waals surface area contributed by atoms with Gasteiger partial charge in [0.25, 0.3) is 0 Å². The van der Waals surface area contributed by atoms with E-state index in [0.717, 1.165) is 0 Å². The second kappa shape index (κ2) is 2.42. The number of hydrogen-bond acceptors (Lipinski definition) is 2. The van der Waals surface area contributed by atoms with Gasteiger partial charge < -0.3 is 10.5 Å². The molecule has 3 heteroatoms. The van der Waals surface area contributed by atoms with E-state index in [1.165, 1.54) is 6.08 Å². The van der Waals surface area contributed by atoms with Crippen LogP contribution < -0.4 is 5.73 Å². The second-order valence-corrected chi connectivity index (χ2v) is 2.88. The summed E-state index contributed by atoms with van der Waals surface area (Å²) in [5.41, 5.74) is 4.96. The minimum Gasteiger partial charge on any atom is -0.379 e. The number of ether oxygens (including phenoxy) is 1. The van der Waals surface area contributed by atoms with Crippen molar-refractivity contribution in [1.29, 1.82) is 0 Å². The maximum absolute atomic E-state index is 10.3. The van der Waals surface area contributed by atoms with Gasteiger partial charge in [0.1, 0.15) is 0 Å². The normalized spacial score (nSPS) is 22.5. The average Bonchev–Trinajstić information content (AvgIpc) is 1.79. The van der Waals surface area contributed by atoms with Crippen molar-refractivity contribution in [3.05, 3.63) is 12.2 Å². The number of rotatable bonds is 2. The first-order chi connectivity index (χ1) is 4.62. The minimum absolute atomic E-state index is 0.0506. The van der Waals surface area contributed by atoms with Crippen molar-refractivity contribution in [2.75, 3.05) is 13.2 Å². The van der Waals surface area contributed by atoms with Gasteiger partial charge >= 0.3 is 0 Å². The topological polar surface area (TPSA) is 52.3 Å². The van der Waals surface area contributed by atoms with Crippen molar-refractivity contribution in [3.63, 3.8) is 0 Å². The summed E-state index contributed by atoms with van der Waals surface area (Å²) in [7, 11) is 0. The number of hydrogen-bond donors (Lipinski definition) is 1. The lowest BCUT2D eigenvalue weighted by molar-refractivity contribution is -0.113. The Morgan fingerprint density at radius 2 is 2.30 bits per heavy atom. The summed E-state index contributed by atoms with van der Waals surface area (Å²) in [5, 5.41) is 0. The van der Waals surface area contributed by atoms with E-state index in [1.807, 2.05) is 6.92 Å². The van der Waals surface area contributed by atoms with Gasteiger partial charge in [-0.1, -0.05) is 13.0 Å². The van der Waals surface area contributed by atoms with Crippen molar-refractivity contribution in [3.8, 4) is 0 Å². The molecule has 1 heterocycles. The van der Waals surface area contributed by atoms with Crippen LogP contribution in [0.2, 0.25) is 0 Å². The summed E-state index contributed by atoms with van der Waals surface area (Å²) in [6, 6.07) is 0. The van der Waals surface area contributed by atoms with E-state index < -0.39 is 5.91 Å². The molecule has 1 fully saturated rings. The van der Waals surface area contributed by atoms with Crippen LogP contribution in [0.1, 0.15) is 6.92 Å². The standard InChI is InChI=1S/C7H11NO2/c1-7(4-10-5-7)3-2-6(8)9/h2-3H,4-5H2,1H3,(H2,8,9). The summed E-state index contributed by atoms with van der Waals surface area (Å²) in [4.78, 5) is 10.3. The molecule has 0 saturated carbocycles. The van der Waals surface area contributed by atoms with Crippen LogP contribution in [0.4, 0.5) is 0 Å². The molecule has 1 aliphatic rings. The van der Waals surface area contributed by atoms with Gasteiger partial charge in [-0.3, -0.25) is 4.79 Å². The molecule has 1 saturated heterocycles. The van der Waals surface area contributed by atoms with E-state index in [-0.39, 0.29) is 5.41 Å². The van der Waals surface area contributed by atoms with Gasteiger partial charge in [0.05, 0.1) is 13.2 Å². The van der Waals surface area contributed by atoms with E-state index >= 15 is 0 Å². The lowest BCUT2D eigenvalue weighted by Gasteiger charge is -2.34. The highest BCUT2D eigenvalue weighted by atomic mass is 16.5. The predicted molar refractivity (Wildman–Crippen MR) is 37.3 cm³/mol. The molecule has 10 heavy (non-hydrogen) atoms. The van der Waals surface area contributed by atoms with Crippen molar-refractivity contribution in [2.45, 2.75) is 6.92 Å². The van der Waals surface area contributed by atoms with E-state index in [9.17, 15) is 4.79 Å². The lowest BCUT2D eigenvalue weighted by atomic mass is 9.88. The number of primary amides is 1. The van der Waals surface area contributed by atoms with Crippen molar-refractivity contribution < 1.29 is 9.53 Å². The van der Waals surface area contributed by atoms with Crippen molar-refractivity contribution in [1.82, 2.24) is 0 Å². The molecule has 3 nitrogen and oxygen atoms in total. The van der Waals surface area contributed by atoms with Gasteiger partial charge in [0, 0.05) is 5.41 Å². The van der Waals surface area contributed by atoms with Crippen LogP contribution in [0.5, 0.6) is 0 Å². The lowest BCUT2D eigenvalue weighted by Crippen LogP contribution is -2.37. The monoisotopic (exact) mass is 141 g/mol. The van der Waals surface area contributed by atoms with Crippen LogP contribution in [0.3, 0.4) is 0 Å². The highest BCUT2D eigenvalue weighted by Gasteiger charge is 2.30. The highest BCUT2D eigenvalue weighted by molar-refractivity contribution is 5.85. The van der Waals surface area contributed by atoms with Crippen molar-refractivity contribution in [2.24, 2.45) is 11.1 Å². The Balaban J connectivity index is 2.43. The fourth-order valence-corrected chi connectivity index (χ4v) is 0.804. The maximum atomic E-state index is 10.3. The highest BCUT2D eigenvalue weighted by Crippen LogP contribution is 2.27. The molecular weight excluding hydrogens is 130 g/mol. The van der Waals surface area contributed by atoms with Gasteiger partial charge in [-0.2, -0.15) is 0 Å². The Labute approximate surface area is 59.8 Å². The Morgan fingerprint density at radius 3 is 2.60 bits per heavy atom. The zero-order valence-electron chi connectivity index (χ0n) is 5.96. The third-order valence-electron chi connectivity index (χ3n) is 1.51. The maximum Gasteiger partial charge on any atom is 0.241 e. The first-order valence-corrected chi connectivity index (χ1v) is 3.19. The number of amides is 1. The molecular formula is C7H11NO2. The van der Waals surface area contributed by atoms with Crippen LogP contribution in [0.25, 0.3) is 0 Å². The summed E-state index contributed by atoms with van der Waals surface area (Å²) in [6.45, 7) is 3.41. The third kappa shape index (κ3) is 1.57. The Hall–Kier alpha value is -0.830. The zero-order valence-corrected chi connectivity index (χ0v) is 5.96. The van der Waals surface area contributed by atoms with Crippen LogP contribution >= 0.6 is 0 Å². The molecule has 0 bridgehead atoms. The molecule has 0 radical (unpaired) electrons. The number of carbonyl (C=O) groups is 1. The molecule has 0 atom stereocenters. The largest absolute Gasteiger partial charge is 0.379 e. The van der Waals surface area contributed by atoms with E-state index in [1.54, 1.807) is 6.08 Å². The molecule has 0 aromatic rings. The minimum atomic E-state index is -0.395. The predicted octanol–water partition coefficient (Wildman–Crippen LogP) is 0.0644. The molecule has 0 spiro atoms. The Bertz CT molecular complexity index is 170. The fraction of sp³-hybridized carbons (Fsp3) is 0.571. The number of nitrogens with two attached hydrogens (primary N) is 1. The van der Waals surface area contributed by atoms with Gasteiger partial charge in [0.2, 0.25) is 5.91 Å². The molecule has 0 aromatic carbocycles. The van der Waals surface area contributed by atoms with Crippen LogP contribution in [-0.2, 0) is 9.53 Å². The molecule has 1 aliphatic heterocycles. The third-order valence-corrected chi connectivity index (χ3v) is 1.51. The van der Waals surface area contributed by atoms with Gasteiger partial charge in [-0.25, -0.2) is 0 Å². The van der Waals surface area contributed by atoms with Gasteiger partial charge in [-0.15, -0.1) is 0 Å². The molecule has 1 amide bonds. The van der Waals surface area contributed by atoms with E-state index in [4.69, 9.17) is 10.5 Å². The zero-order chi connectivity index (χ0) is 7.61. The molecule has 1 rings (SSSR count). The van der Waals surface area contributed by atoms with Crippen molar-refractivity contribution >= 4 is 5.91 Å². The van der Waals surface area contributed by atoms with Gasteiger partial charge in [0.15, 0.2) is 0 Å². The first-order valence-electron chi connectivity index (χ1n) is 3.19. The van der Waals surface area contributed by atoms with Crippen LogP contribution in [0, 0.1) is 5.41 Å². The van der Waals surface area contributed by atoms with E-state index in [2.05, 4.69) is 0 Å². The Morgan fingerprint density at radius 1 is 1.70 bits per heavy atom. The molecule has 2 N–H and O–H groups in total. The fourth-order valence-electron chi connectivity index (χ4n) is 0.804. The average molecular weight is 141 g/mol. The molecule has 0 aliphatic carbocycles. The molecule has 56 valence electrons. The summed E-state index contributed by atoms with van der Waals surface area (Å²) in [5.74, 6) is -0.395.